The van der Waals surface area contributed by atoms with Crippen molar-refractivity contribution in [1.82, 2.24) is 10.2 Å². The Bertz CT molecular complexity index is 1190. The van der Waals surface area contributed by atoms with Crippen molar-refractivity contribution >= 4 is 27.7 Å². The first kappa shape index (κ1) is 27.9. The highest BCUT2D eigenvalue weighted by Crippen LogP contribution is 2.21. The van der Waals surface area contributed by atoms with Crippen molar-refractivity contribution in [3.63, 3.8) is 0 Å². The Labute approximate surface area is 234 Å². The number of rotatable bonds is 10. The normalized spacial score (nSPS) is 14.5. The van der Waals surface area contributed by atoms with E-state index >= 15 is 0 Å². The molecule has 0 unspecified atom stereocenters. The lowest BCUT2D eigenvalue weighted by Gasteiger charge is -2.33. The van der Waals surface area contributed by atoms with Crippen molar-refractivity contribution in [3.05, 3.63) is 99.5 Å². The molecule has 38 heavy (non-hydrogen) atoms. The zero-order chi connectivity index (χ0) is 26.9. The van der Waals surface area contributed by atoms with Crippen LogP contribution in [0.5, 0.6) is 5.75 Å². The molecule has 1 aliphatic carbocycles. The summed E-state index contributed by atoms with van der Waals surface area (Å²) in [5, 5.41) is 3.28. The molecule has 1 N–H and O–H groups in total. The molecule has 0 aliphatic heterocycles. The first-order chi connectivity index (χ1) is 18.4. The maximum atomic E-state index is 13.8. The predicted molar refractivity (Wildman–Crippen MR) is 155 cm³/mol. The number of amides is 2. The van der Waals surface area contributed by atoms with Gasteiger partial charge in [-0.1, -0.05) is 83.7 Å². The zero-order valence-electron chi connectivity index (χ0n) is 22.3. The molecule has 0 aromatic heterocycles. The molecule has 1 atom stereocenters. The Balaban J connectivity index is 1.61. The lowest BCUT2D eigenvalue weighted by Crippen LogP contribution is -2.53. The molecule has 200 valence electrons. The summed E-state index contributed by atoms with van der Waals surface area (Å²) in [6.45, 7) is 4.19. The summed E-state index contributed by atoms with van der Waals surface area (Å²) >= 11 is 3.49. The minimum atomic E-state index is -0.654. The summed E-state index contributed by atoms with van der Waals surface area (Å²) in [7, 11) is 0. The van der Waals surface area contributed by atoms with Gasteiger partial charge >= 0.3 is 0 Å². The topological polar surface area (TPSA) is 58.6 Å². The molecule has 0 bridgehead atoms. The van der Waals surface area contributed by atoms with E-state index in [1.54, 1.807) is 4.90 Å². The molecule has 0 saturated heterocycles. The third kappa shape index (κ3) is 8.19. The van der Waals surface area contributed by atoms with Gasteiger partial charge in [-0.25, -0.2) is 0 Å². The van der Waals surface area contributed by atoms with Gasteiger partial charge in [0.2, 0.25) is 5.91 Å². The van der Waals surface area contributed by atoms with Gasteiger partial charge in [0.15, 0.2) is 6.61 Å². The summed E-state index contributed by atoms with van der Waals surface area (Å²) in [4.78, 5) is 29.3. The molecule has 3 aromatic rings. The van der Waals surface area contributed by atoms with E-state index in [1.165, 1.54) is 6.42 Å². The van der Waals surface area contributed by atoms with Crippen molar-refractivity contribution in [2.24, 2.45) is 0 Å². The molecule has 0 spiro atoms. The largest absolute Gasteiger partial charge is 0.484 e. The van der Waals surface area contributed by atoms with Crippen LogP contribution in [-0.2, 0) is 22.6 Å². The highest BCUT2D eigenvalue weighted by atomic mass is 79.9. The van der Waals surface area contributed by atoms with E-state index in [0.717, 1.165) is 52.4 Å². The van der Waals surface area contributed by atoms with Crippen LogP contribution in [0.25, 0.3) is 0 Å². The van der Waals surface area contributed by atoms with Gasteiger partial charge in [-0.05, 0) is 73.2 Å². The van der Waals surface area contributed by atoms with Crippen LogP contribution in [0.15, 0.2) is 77.3 Å². The van der Waals surface area contributed by atoms with Crippen LogP contribution in [0.1, 0.15) is 54.4 Å². The molecular weight excluding hydrogens is 540 g/mol. The number of nitrogens with zero attached hydrogens (tertiary/aromatic N) is 1. The lowest BCUT2D eigenvalue weighted by atomic mass is 9.94. The van der Waals surface area contributed by atoms with E-state index in [4.69, 9.17) is 4.74 Å². The number of nitrogens with one attached hydrogen (secondary N) is 1. The Morgan fingerprint density at radius 2 is 1.58 bits per heavy atom. The number of hydrogen-bond acceptors (Lipinski definition) is 3. The molecule has 1 aliphatic rings. The fourth-order valence-electron chi connectivity index (χ4n) is 5.13. The van der Waals surface area contributed by atoms with Crippen molar-refractivity contribution in [2.75, 3.05) is 6.61 Å². The number of hydrogen-bond donors (Lipinski definition) is 1. The van der Waals surface area contributed by atoms with Gasteiger partial charge in [-0.3, -0.25) is 9.59 Å². The molecule has 1 fully saturated rings. The van der Waals surface area contributed by atoms with E-state index in [2.05, 4.69) is 27.3 Å². The SMILES string of the molecule is Cc1cc(C)cc(OCC(=O)N(Cc2ccc(Br)cc2)[C@@H](Cc2ccccc2)C(=O)NC2CCCCC2)c1. The quantitative estimate of drug-likeness (QED) is 0.298. The zero-order valence-corrected chi connectivity index (χ0v) is 23.9. The van der Waals surface area contributed by atoms with Crippen molar-refractivity contribution in [2.45, 2.75) is 71.0 Å². The van der Waals surface area contributed by atoms with Crippen LogP contribution in [-0.4, -0.2) is 35.4 Å². The summed E-state index contributed by atoms with van der Waals surface area (Å²) in [5.41, 5.74) is 4.12. The lowest BCUT2D eigenvalue weighted by molar-refractivity contribution is -0.143. The summed E-state index contributed by atoms with van der Waals surface area (Å²) in [5.74, 6) is 0.343. The molecule has 0 heterocycles. The monoisotopic (exact) mass is 576 g/mol. The van der Waals surface area contributed by atoms with E-state index in [0.29, 0.717) is 18.7 Å². The molecule has 0 radical (unpaired) electrons. The van der Waals surface area contributed by atoms with Crippen LogP contribution in [0.2, 0.25) is 0 Å². The number of halogens is 1. The van der Waals surface area contributed by atoms with Gasteiger partial charge in [-0.15, -0.1) is 0 Å². The highest BCUT2D eigenvalue weighted by molar-refractivity contribution is 9.10. The maximum absolute atomic E-state index is 13.8. The smallest absolute Gasteiger partial charge is 0.261 e. The summed E-state index contributed by atoms with van der Waals surface area (Å²) < 4.78 is 6.93. The second kappa shape index (κ2) is 13.6. The first-order valence-corrected chi connectivity index (χ1v) is 14.3. The van der Waals surface area contributed by atoms with E-state index < -0.39 is 6.04 Å². The minimum absolute atomic E-state index is 0.0994. The number of benzene rings is 3. The standard InChI is InChI=1S/C32H37BrN2O3/c1-23-17-24(2)19-29(18-23)38-22-31(36)35(21-26-13-15-27(33)16-14-26)30(20-25-9-5-3-6-10-25)32(37)34-28-11-7-4-8-12-28/h3,5-6,9-10,13-19,28,30H,4,7-8,11-12,20-22H2,1-2H3,(H,34,37)/t30-/m0/s1. The van der Waals surface area contributed by atoms with Crippen molar-refractivity contribution < 1.29 is 14.3 Å². The van der Waals surface area contributed by atoms with Gasteiger partial charge in [-0.2, -0.15) is 0 Å². The third-order valence-electron chi connectivity index (χ3n) is 7.05. The maximum Gasteiger partial charge on any atom is 0.261 e. The second-order valence-corrected chi connectivity index (χ2v) is 11.2. The fraction of sp³-hybridized carbons (Fsp3) is 0.375. The fourth-order valence-corrected chi connectivity index (χ4v) is 5.39. The molecule has 3 aromatic carbocycles. The van der Waals surface area contributed by atoms with E-state index in [1.807, 2.05) is 80.6 Å². The third-order valence-corrected chi connectivity index (χ3v) is 7.58. The Morgan fingerprint density at radius 3 is 2.24 bits per heavy atom. The molecule has 4 rings (SSSR count). The van der Waals surface area contributed by atoms with Crippen LogP contribution in [0, 0.1) is 13.8 Å². The molecule has 6 heteroatoms. The molecule has 5 nitrogen and oxygen atoms in total. The minimum Gasteiger partial charge on any atom is -0.484 e. The molecule has 1 saturated carbocycles. The van der Waals surface area contributed by atoms with Crippen molar-refractivity contribution in [1.29, 1.82) is 0 Å². The average Bonchev–Trinajstić information content (AvgIpc) is 2.91. The predicted octanol–water partition coefficient (Wildman–Crippen LogP) is 6.53. The van der Waals surface area contributed by atoms with Crippen LogP contribution in [0.4, 0.5) is 0 Å². The number of ether oxygens (including phenoxy) is 1. The summed E-state index contributed by atoms with van der Waals surface area (Å²) in [6.07, 6.45) is 5.87. The summed E-state index contributed by atoms with van der Waals surface area (Å²) in [6, 6.07) is 23.2. The molecular formula is C32H37BrN2O3. The van der Waals surface area contributed by atoms with E-state index in [-0.39, 0.29) is 24.5 Å². The Kier molecular flexibility index (Phi) is 9.99. The van der Waals surface area contributed by atoms with Crippen LogP contribution in [0.3, 0.4) is 0 Å². The van der Waals surface area contributed by atoms with E-state index in [9.17, 15) is 9.59 Å². The van der Waals surface area contributed by atoms with Gasteiger partial charge in [0, 0.05) is 23.5 Å². The van der Waals surface area contributed by atoms with Crippen molar-refractivity contribution in [3.8, 4) is 5.75 Å². The first-order valence-electron chi connectivity index (χ1n) is 13.5. The van der Waals surface area contributed by atoms with Crippen LogP contribution < -0.4 is 10.1 Å². The number of aryl methyl sites for hydroxylation is 2. The Morgan fingerprint density at radius 1 is 0.921 bits per heavy atom. The molecule has 2 amide bonds. The Hall–Kier alpha value is -3.12. The number of carbonyl (C=O) groups excluding carboxylic acids is 2. The number of carbonyl (C=O) groups is 2. The van der Waals surface area contributed by atoms with Gasteiger partial charge in [0.1, 0.15) is 11.8 Å². The average molecular weight is 578 g/mol. The van der Waals surface area contributed by atoms with Gasteiger partial charge < -0.3 is 15.0 Å². The van der Waals surface area contributed by atoms with Gasteiger partial charge in [0.25, 0.3) is 5.91 Å². The van der Waals surface area contributed by atoms with Crippen LogP contribution >= 0.6 is 15.9 Å². The highest BCUT2D eigenvalue weighted by Gasteiger charge is 2.32. The van der Waals surface area contributed by atoms with Gasteiger partial charge in [0.05, 0.1) is 0 Å². The second-order valence-electron chi connectivity index (χ2n) is 10.3.